The van der Waals surface area contributed by atoms with E-state index in [4.69, 9.17) is 0 Å². The Morgan fingerprint density at radius 3 is 2.80 bits per heavy atom. The second kappa shape index (κ2) is 5.27. The third-order valence-corrected chi connectivity index (χ3v) is 3.66. The summed E-state index contributed by atoms with van der Waals surface area (Å²) in [5, 5.41) is 3.42. The molecule has 1 aliphatic rings. The first-order valence-electron chi connectivity index (χ1n) is 5.45. The predicted molar refractivity (Wildman–Crippen MR) is 71.9 cm³/mol. The number of nitrogens with one attached hydrogen (secondary N) is 1. The quantitative estimate of drug-likeness (QED) is 0.841. The highest BCUT2D eigenvalue weighted by Gasteiger charge is 2.17. The zero-order valence-electron chi connectivity index (χ0n) is 9.04. The zero-order chi connectivity index (χ0) is 10.7. The highest BCUT2D eigenvalue weighted by atomic mass is 127. The van der Waals surface area contributed by atoms with Crippen LogP contribution in [0.15, 0.2) is 24.3 Å². The molecule has 1 aromatic rings. The van der Waals surface area contributed by atoms with Crippen molar-refractivity contribution in [3.63, 3.8) is 0 Å². The van der Waals surface area contributed by atoms with Crippen LogP contribution in [0.4, 0.5) is 0 Å². The van der Waals surface area contributed by atoms with E-state index in [0.29, 0.717) is 6.04 Å². The van der Waals surface area contributed by atoms with Gasteiger partial charge >= 0.3 is 0 Å². The largest absolute Gasteiger partial charge is 0.314 e. The van der Waals surface area contributed by atoms with Gasteiger partial charge in [0.25, 0.3) is 0 Å². The molecule has 1 fully saturated rings. The fourth-order valence-corrected chi connectivity index (χ4v) is 2.30. The van der Waals surface area contributed by atoms with Crippen molar-refractivity contribution in [3.8, 4) is 0 Å². The van der Waals surface area contributed by atoms with Gasteiger partial charge in [-0.05, 0) is 47.2 Å². The van der Waals surface area contributed by atoms with Crippen molar-refractivity contribution in [1.82, 2.24) is 10.2 Å². The van der Waals surface area contributed by atoms with Crippen molar-refractivity contribution in [2.24, 2.45) is 0 Å². The van der Waals surface area contributed by atoms with Crippen LogP contribution >= 0.6 is 22.6 Å². The Bertz CT molecular complexity index is 310. The summed E-state index contributed by atoms with van der Waals surface area (Å²) in [4.78, 5) is 2.54. The average molecular weight is 316 g/mol. The summed E-state index contributed by atoms with van der Waals surface area (Å²) in [6.07, 6.45) is 0. The summed E-state index contributed by atoms with van der Waals surface area (Å²) in [5.74, 6) is 0. The van der Waals surface area contributed by atoms with Crippen LogP contribution in [0.2, 0.25) is 0 Å². The molecule has 0 saturated carbocycles. The Morgan fingerprint density at radius 2 is 2.13 bits per heavy atom. The SMILES string of the molecule is C[C@@H]1CNCCN1Cc1ccc(I)cc1. The molecule has 15 heavy (non-hydrogen) atoms. The van der Waals surface area contributed by atoms with Crippen LogP contribution in [0, 0.1) is 3.57 Å². The lowest BCUT2D eigenvalue weighted by Crippen LogP contribution is -2.49. The van der Waals surface area contributed by atoms with Crippen molar-refractivity contribution >= 4 is 22.6 Å². The standard InChI is InChI=1S/C12H17IN2/c1-10-8-14-6-7-15(10)9-11-2-4-12(13)5-3-11/h2-5,10,14H,6-9H2,1H3/t10-/m1/s1. The van der Waals surface area contributed by atoms with Gasteiger partial charge in [-0.25, -0.2) is 0 Å². The van der Waals surface area contributed by atoms with Crippen molar-refractivity contribution in [2.45, 2.75) is 19.5 Å². The number of rotatable bonds is 2. The molecule has 0 aromatic heterocycles. The summed E-state index contributed by atoms with van der Waals surface area (Å²) >= 11 is 2.35. The summed E-state index contributed by atoms with van der Waals surface area (Å²) in [6.45, 7) is 6.77. The molecule has 1 aromatic carbocycles. The second-order valence-electron chi connectivity index (χ2n) is 4.15. The van der Waals surface area contributed by atoms with Crippen LogP contribution in [-0.4, -0.2) is 30.6 Å². The fourth-order valence-electron chi connectivity index (χ4n) is 1.94. The summed E-state index contributed by atoms with van der Waals surface area (Å²) in [6, 6.07) is 9.48. The highest BCUT2D eigenvalue weighted by Crippen LogP contribution is 2.12. The van der Waals surface area contributed by atoms with Gasteiger partial charge in [0.1, 0.15) is 0 Å². The number of hydrogen-bond acceptors (Lipinski definition) is 2. The topological polar surface area (TPSA) is 15.3 Å². The molecule has 0 spiro atoms. The first-order valence-corrected chi connectivity index (χ1v) is 6.53. The Morgan fingerprint density at radius 1 is 1.40 bits per heavy atom. The maximum Gasteiger partial charge on any atom is 0.0237 e. The lowest BCUT2D eigenvalue weighted by Gasteiger charge is -2.33. The van der Waals surface area contributed by atoms with E-state index in [1.165, 1.54) is 9.13 Å². The molecule has 0 bridgehead atoms. The molecule has 1 saturated heterocycles. The van der Waals surface area contributed by atoms with E-state index in [0.717, 1.165) is 26.2 Å². The van der Waals surface area contributed by atoms with E-state index in [1.54, 1.807) is 0 Å². The van der Waals surface area contributed by atoms with Gasteiger partial charge in [-0.2, -0.15) is 0 Å². The van der Waals surface area contributed by atoms with E-state index in [1.807, 2.05) is 0 Å². The number of halogens is 1. The van der Waals surface area contributed by atoms with Crippen LogP contribution < -0.4 is 5.32 Å². The Balaban J connectivity index is 1.98. The molecule has 1 atom stereocenters. The summed E-state index contributed by atoms with van der Waals surface area (Å²) in [5.41, 5.74) is 1.42. The van der Waals surface area contributed by atoms with Crippen molar-refractivity contribution in [3.05, 3.63) is 33.4 Å². The van der Waals surface area contributed by atoms with Crippen molar-refractivity contribution in [1.29, 1.82) is 0 Å². The van der Waals surface area contributed by atoms with Gasteiger partial charge in [-0.1, -0.05) is 12.1 Å². The fraction of sp³-hybridized carbons (Fsp3) is 0.500. The minimum absolute atomic E-state index is 0.651. The Kier molecular flexibility index (Phi) is 3.99. The van der Waals surface area contributed by atoms with Gasteiger partial charge in [0, 0.05) is 35.8 Å². The molecule has 0 radical (unpaired) electrons. The van der Waals surface area contributed by atoms with Crippen molar-refractivity contribution in [2.75, 3.05) is 19.6 Å². The molecule has 2 nitrogen and oxygen atoms in total. The van der Waals surface area contributed by atoms with Crippen LogP contribution in [0.5, 0.6) is 0 Å². The minimum Gasteiger partial charge on any atom is -0.314 e. The first kappa shape index (κ1) is 11.4. The molecule has 3 heteroatoms. The van der Waals surface area contributed by atoms with Gasteiger partial charge in [-0.15, -0.1) is 0 Å². The Hall–Kier alpha value is -0.130. The number of nitrogens with zero attached hydrogens (tertiary/aromatic N) is 1. The van der Waals surface area contributed by atoms with E-state index < -0.39 is 0 Å². The molecule has 1 heterocycles. The van der Waals surface area contributed by atoms with Crippen LogP contribution in [0.3, 0.4) is 0 Å². The van der Waals surface area contributed by atoms with Gasteiger partial charge in [-0.3, -0.25) is 4.90 Å². The number of benzene rings is 1. The van der Waals surface area contributed by atoms with Crippen LogP contribution in [0.1, 0.15) is 12.5 Å². The first-order chi connectivity index (χ1) is 7.25. The summed E-state index contributed by atoms with van der Waals surface area (Å²) in [7, 11) is 0. The zero-order valence-corrected chi connectivity index (χ0v) is 11.2. The third kappa shape index (κ3) is 3.16. The monoisotopic (exact) mass is 316 g/mol. The van der Waals surface area contributed by atoms with E-state index >= 15 is 0 Å². The summed E-state index contributed by atoms with van der Waals surface area (Å²) < 4.78 is 1.31. The van der Waals surface area contributed by atoms with Crippen LogP contribution in [-0.2, 0) is 6.54 Å². The van der Waals surface area contributed by atoms with Crippen molar-refractivity contribution < 1.29 is 0 Å². The lowest BCUT2D eigenvalue weighted by atomic mass is 10.1. The molecule has 1 aliphatic heterocycles. The molecule has 0 unspecified atom stereocenters. The predicted octanol–water partition coefficient (Wildman–Crippen LogP) is 2.08. The van der Waals surface area contributed by atoms with E-state index in [-0.39, 0.29) is 0 Å². The van der Waals surface area contributed by atoms with Gasteiger partial charge < -0.3 is 5.32 Å². The Labute approximate surface area is 105 Å². The second-order valence-corrected chi connectivity index (χ2v) is 5.40. The molecule has 82 valence electrons. The molecule has 0 amide bonds. The highest BCUT2D eigenvalue weighted by molar-refractivity contribution is 14.1. The average Bonchev–Trinajstić information content (AvgIpc) is 2.25. The third-order valence-electron chi connectivity index (χ3n) is 2.94. The van der Waals surface area contributed by atoms with E-state index in [9.17, 15) is 0 Å². The van der Waals surface area contributed by atoms with Crippen LogP contribution in [0.25, 0.3) is 0 Å². The lowest BCUT2D eigenvalue weighted by molar-refractivity contribution is 0.165. The van der Waals surface area contributed by atoms with Gasteiger partial charge in [0.15, 0.2) is 0 Å². The molecular formula is C12H17IN2. The normalized spacial score (nSPS) is 22.9. The maximum absolute atomic E-state index is 3.42. The molecule has 0 aliphatic carbocycles. The maximum atomic E-state index is 3.42. The number of piperazine rings is 1. The van der Waals surface area contributed by atoms with E-state index in [2.05, 4.69) is 64.0 Å². The number of hydrogen-bond donors (Lipinski definition) is 1. The molecular weight excluding hydrogens is 299 g/mol. The minimum atomic E-state index is 0.651. The van der Waals surface area contributed by atoms with Gasteiger partial charge in [0.05, 0.1) is 0 Å². The smallest absolute Gasteiger partial charge is 0.0237 e. The molecule has 2 rings (SSSR count). The molecule has 1 N–H and O–H groups in total. The van der Waals surface area contributed by atoms with Gasteiger partial charge in [0.2, 0.25) is 0 Å².